The summed E-state index contributed by atoms with van der Waals surface area (Å²) in [6.07, 6.45) is 6.35. The Kier molecular flexibility index (Phi) is 5.77. The minimum atomic E-state index is -0.446. The van der Waals surface area contributed by atoms with Gasteiger partial charge in [-0.3, -0.25) is 4.79 Å². The Balaban J connectivity index is 1.47. The molecule has 0 bridgehead atoms. The van der Waals surface area contributed by atoms with E-state index in [2.05, 4.69) is 29.3 Å². The van der Waals surface area contributed by atoms with Crippen LogP contribution < -0.4 is 10.1 Å². The lowest BCUT2D eigenvalue weighted by molar-refractivity contribution is -0.128. The Morgan fingerprint density at radius 1 is 1.29 bits per heavy atom. The fourth-order valence-corrected chi connectivity index (χ4v) is 3.81. The molecule has 1 aromatic rings. The van der Waals surface area contributed by atoms with Crippen LogP contribution in [-0.4, -0.2) is 42.6 Å². The van der Waals surface area contributed by atoms with Crippen molar-refractivity contribution in [2.24, 2.45) is 0 Å². The van der Waals surface area contributed by atoms with Crippen LogP contribution >= 0.6 is 0 Å². The number of carbonyl (C=O) groups is 1. The standard InChI is InChI=1S/C20H30N2O2/c1-3-11-22-12-9-18(10-13-22)21-20(23)15(2)24-19-8-7-16-5-4-6-17(16)14-19/h7-8,14-15,18H,3-6,9-13H2,1-2H3,(H,21,23)/t15-/m0/s1. The number of benzene rings is 1. The van der Waals surface area contributed by atoms with E-state index >= 15 is 0 Å². The Bertz CT molecular complexity index is 565. The summed E-state index contributed by atoms with van der Waals surface area (Å²) in [5.74, 6) is 0.820. The third-order valence-electron chi connectivity index (χ3n) is 5.23. The highest BCUT2D eigenvalue weighted by atomic mass is 16.5. The van der Waals surface area contributed by atoms with Crippen molar-refractivity contribution in [1.29, 1.82) is 0 Å². The third-order valence-corrected chi connectivity index (χ3v) is 5.23. The fourth-order valence-electron chi connectivity index (χ4n) is 3.81. The quantitative estimate of drug-likeness (QED) is 0.872. The van der Waals surface area contributed by atoms with Crippen molar-refractivity contribution in [3.63, 3.8) is 0 Å². The van der Waals surface area contributed by atoms with Crippen molar-refractivity contribution in [2.75, 3.05) is 19.6 Å². The van der Waals surface area contributed by atoms with E-state index in [9.17, 15) is 4.79 Å². The molecule has 1 amide bonds. The molecule has 1 N–H and O–H groups in total. The third kappa shape index (κ3) is 4.29. The average molecular weight is 330 g/mol. The molecule has 24 heavy (non-hydrogen) atoms. The van der Waals surface area contributed by atoms with Crippen LogP contribution in [0.2, 0.25) is 0 Å². The molecular formula is C20H30N2O2. The van der Waals surface area contributed by atoms with Gasteiger partial charge in [0.05, 0.1) is 0 Å². The van der Waals surface area contributed by atoms with Crippen LogP contribution in [0.3, 0.4) is 0 Å². The van der Waals surface area contributed by atoms with Crippen LogP contribution in [0.15, 0.2) is 18.2 Å². The first-order valence-corrected chi connectivity index (χ1v) is 9.47. The summed E-state index contributed by atoms with van der Waals surface area (Å²) in [6.45, 7) is 7.39. The second-order valence-corrected chi connectivity index (χ2v) is 7.17. The predicted molar refractivity (Wildman–Crippen MR) is 96.5 cm³/mol. The summed E-state index contributed by atoms with van der Waals surface area (Å²) in [6, 6.07) is 6.54. The van der Waals surface area contributed by atoms with Crippen LogP contribution in [0, 0.1) is 0 Å². The molecule has 1 aliphatic carbocycles. The highest BCUT2D eigenvalue weighted by Gasteiger charge is 2.23. The second kappa shape index (κ2) is 8.02. The number of nitrogens with zero attached hydrogens (tertiary/aromatic N) is 1. The largest absolute Gasteiger partial charge is 0.481 e. The number of amides is 1. The van der Waals surface area contributed by atoms with E-state index in [4.69, 9.17) is 4.74 Å². The second-order valence-electron chi connectivity index (χ2n) is 7.17. The van der Waals surface area contributed by atoms with Crippen molar-refractivity contribution in [3.05, 3.63) is 29.3 Å². The Morgan fingerprint density at radius 2 is 2.04 bits per heavy atom. The number of nitrogens with one attached hydrogen (secondary N) is 1. The molecule has 4 heteroatoms. The van der Waals surface area contributed by atoms with Crippen LogP contribution in [0.4, 0.5) is 0 Å². The number of fused-ring (bicyclic) bond motifs is 1. The summed E-state index contributed by atoms with van der Waals surface area (Å²) < 4.78 is 5.88. The molecule has 1 fully saturated rings. The number of hydrogen-bond acceptors (Lipinski definition) is 3. The maximum atomic E-state index is 12.4. The van der Waals surface area contributed by atoms with Gasteiger partial charge in [0.1, 0.15) is 5.75 Å². The molecule has 132 valence electrons. The summed E-state index contributed by atoms with van der Waals surface area (Å²) >= 11 is 0. The van der Waals surface area contributed by atoms with Crippen molar-refractivity contribution >= 4 is 5.91 Å². The zero-order valence-corrected chi connectivity index (χ0v) is 15.0. The van der Waals surface area contributed by atoms with Gasteiger partial charge in [0, 0.05) is 19.1 Å². The van der Waals surface area contributed by atoms with Gasteiger partial charge in [-0.15, -0.1) is 0 Å². The highest BCUT2D eigenvalue weighted by Crippen LogP contribution is 2.26. The van der Waals surface area contributed by atoms with E-state index < -0.39 is 6.10 Å². The van der Waals surface area contributed by atoms with Gasteiger partial charge in [-0.25, -0.2) is 0 Å². The summed E-state index contributed by atoms with van der Waals surface area (Å²) in [5, 5.41) is 3.16. The number of rotatable bonds is 6. The van der Waals surface area contributed by atoms with E-state index in [1.54, 1.807) is 0 Å². The SMILES string of the molecule is CCCN1CCC(NC(=O)[C@H](C)Oc2ccc3c(c2)CCC3)CC1. The first-order valence-electron chi connectivity index (χ1n) is 9.47. The maximum Gasteiger partial charge on any atom is 0.260 e. The highest BCUT2D eigenvalue weighted by molar-refractivity contribution is 5.81. The number of likely N-dealkylation sites (tertiary alicyclic amines) is 1. The van der Waals surface area contributed by atoms with Gasteiger partial charge >= 0.3 is 0 Å². The molecule has 0 unspecified atom stereocenters. The lowest BCUT2D eigenvalue weighted by Gasteiger charge is -2.32. The normalized spacial score (nSPS) is 19.8. The van der Waals surface area contributed by atoms with Crippen molar-refractivity contribution in [3.8, 4) is 5.75 Å². The molecule has 0 radical (unpaired) electrons. The maximum absolute atomic E-state index is 12.4. The monoisotopic (exact) mass is 330 g/mol. The molecular weight excluding hydrogens is 300 g/mol. The van der Waals surface area contributed by atoms with Gasteiger partial charge in [-0.1, -0.05) is 13.0 Å². The number of aryl methyl sites for hydroxylation is 2. The van der Waals surface area contributed by atoms with E-state index in [0.29, 0.717) is 0 Å². The Hall–Kier alpha value is -1.55. The molecule has 1 aliphatic heterocycles. The number of carbonyl (C=O) groups excluding carboxylic acids is 1. The Morgan fingerprint density at radius 3 is 2.79 bits per heavy atom. The molecule has 1 saturated heterocycles. The topological polar surface area (TPSA) is 41.6 Å². The van der Waals surface area contributed by atoms with Gasteiger partial charge in [0.2, 0.25) is 0 Å². The fraction of sp³-hybridized carbons (Fsp3) is 0.650. The molecule has 3 rings (SSSR count). The van der Waals surface area contributed by atoms with Crippen molar-refractivity contribution in [2.45, 2.75) is 64.5 Å². The smallest absolute Gasteiger partial charge is 0.260 e. The van der Waals surface area contributed by atoms with Gasteiger partial charge in [0.15, 0.2) is 6.10 Å². The van der Waals surface area contributed by atoms with E-state index in [-0.39, 0.29) is 11.9 Å². The van der Waals surface area contributed by atoms with Gasteiger partial charge in [0.25, 0.3) is 5.91 Å². The van der Waals surface area contributed by atoms with Crippen LogP contribution in [0.25, 0.3) is 0 Å². The van der Waals surface area contributed by atoms with Crippen LogP contribution in [0.1, 0.15) is 50.7 Å². The molecule has 0 saturated carbocycles. The lowest BCUT2D eigenvalue weighted by Crippen LogP contribution is -2.48. The van der Waals surface area contributed by atoms with Gasteiger partial charge in [-0.05, 0) is 75.3 Å². The number of piperidine rings is 1. The first kappa shape index (κ1) is 17.3. The van der Waals surface area contributed by atoms with E-state index in [0.717, 1.165) is 38.1 Å². The summed E-state index contributed by atoms with van der Waals surface area (Å²) in [4.78, 5) is 14.9. The molecule has 0 aromatic heterocycles. The minimum absolute atomic E-state index is 0.00411. The van der Waals surface area contributed by atoms with Crippen LogP contribution in [-0.2, 0) is 17.6 Å². The van der Waals surface area contributed by atoms with E-state index in [1.807, 2.05) is 13.0 Å². The first-order chi connectivity index (χ1) is 11.7. The predicted octanol–water partition coefficient (Wildman–Crippen LogP) is 2.93. The van der Waals surface area contributed by atoms with Crippen molar-refractivity contribution in [1.82, 2.24) is 10.2 Å². The molecule has 2 aliphatic rings. The number of hydrogen-bond donors (Lipinski definition) is 1. The molecule has 1 atom stereocenters. The lowest BCUT2D eigenvalue weighted by atomic mass is 10.0. The summed E-state index contributed by atoms with van der Waals surface area (Å²) in [5.41, 5.74) is 2.81. The molecule has 0 spiro atoms. The minimum Gasteiger partial charge on any atom is -0.481 e. The zero-order chi connectivity index (χ0) is 16.9. The summed E-state index contributed by atoms with van der Waals surface area (Å²) in [7, 11) is 0. The molecule has 4 nitrogen and oxygen atoms in total. The van der Waals surface area contributed by atoms with Crippen molar-refractivity contribution < 1.29 is 9.53 Å². The van der Waals surface area contributed by atoms with E-state index in [1.165, 1.54) is 36.9 Å². The average Bonchev–Trinajstić information content (AvgIpc) is 3.04. The van der Waals surface area contributed by atoms with Crippen LogP contribution in [0.5, 0.6) is 5.75 Å². The molecule has 1 aromatic carbocycles. The number of ether oxygens (including phenoxy) is 1. The van der Waals surface area contributed by atoms with Gasteiger partial charge < -0.3 is 15.0 Å². The Labute approximate surface area is 145 Å². The molecule has 1 heterocycles. The zero-order valence-electron chi connectivity index (χ0n) is 15.0. The van der Waals surface area contributed by atoms with Gasteiger partial charge in [-0.2, -0.15) is 0 Å².